The fraction of sp³-hybridized carbons (Fsp3) is 0.478. The Morgan fingerprint density at radius 2 is 1.79 bits per heavy atom. The Hall–Kier alpha value is -1.98. The highest BCUT2D eigenvalue weighted by atomic mass is 32.2. The average Bonchev–Trinajstić information content (AvgIpc) is 2.75. The molecule has 0 unspecified atom stereocenters. The zero-order valence-corrected chi connectivity index (χ0v) is 21.2. The molecule has 2 aromatic rings. The number of nitrogens with zero attached hydrogens (tertiary/aromatic N) is 2. The van der Waals surface area contributed by atoms with Gasteiger partial charge in [0.2, 0.25) is 20.0 Å². The smallest absolute Gasteiger partial charge is 0.247 e. The van der Waals surface area contributed by atoms with Gasteiger partial charge >= 0.3 is 0 Å². The second-order valence-corrected chi connectivity index (χ2v) is 12.8. The highest BCUT2D eigenvalue weighted by Gasteiger charge is 2.38. The largest absolute Gasteiger partial charge is 0.487 e. The quantitative estimate of drug-likeness (QED) is 0.658. The molecule has 1 N–H and O–H groups in total. The minimum Gasteiger partial charge on any atom is -0.487 e. The lowest BCUT2D eigenvalue weighted by atomic mass is 10.0. The summed E-state index contributed by atoms with van der Waals surface area (Å²) in [6.07, 6.45) is 0.523. The number of hydrogen-bond donors (Lipinski definition) is 1. The Bertz CT molecular complexity index is 1200. The number of aliphatic hydroxyl groups is 1. The summed E-state index contributed by atoms with van der Waals surface area (Å²) >= 11 is 0. The maximum absolute atomic E-state index is 13.5. The van der Waals surface area contributed by atoms with Crippen LogP contribution in [0.25, 0.3) is 11.1 Å². The third-order valence-corrected chi connectivity index (χ3v) is 9.36. The van der Waals surface area contributed by atoms with Gasteiger partial charge in [-0.2, -0.15) is 4.31 Å². The number of fused-ring (bicyclic) bond motifs is 1. The minimum absolute atomic E-state index is 0.00225. The van der Waals surface area contributed by atoms with E-state index in [4.69, 9.17) is 4.74 Å². The van der Waals surface area contributed by atoms with Crippen LogP contribution < -0.4 is 4.74 Å². The van der Waals surface area contributed by atoms with E-state index in [0.29, 0.717) is 0 Å². The van der Waals surface area contributed by atoms with Crippen molar-refractivity contribution in [3.05, 3.63) is 48.0 Å². The van der Waals surface area contributed by atoms with Crippen LogP contribution in [0.4, 0.5) is 0 Å². The number of benzene rings is 2. The zero-order valence-electron chi connectivity index (χ0n) is 19.6. The second kappa shape index (κ2) is 9.71. The summed E-state index contributed by atoms with van der Waals surface area (Å²) in [4.78, 5) is -0.00225. The van der Waals surface area contributed by atoms with Gasteiger partial charge in [-0.05, 0) is 37.1 Å². The molecular formula is C23H32N2O6S2. The van der Waals surface area contributed by atoms with Gasteiger partial charge in [0.1, 0.15) is 16.7 Å². The van der Waals surface area contributed by atoms with Crippen LogP contribution in [0, 0.1) is 12.8 Å². The lowest BCUT2D eigenvalue weighted by Crippen LogP contribution is -2.50. The van der Waals surface area contributed by atoms with Crippen molar-refractivity contribution in [3.8, 4) is 16.9 Å². The molecule has 8 nitrogen and oxygen atoms in total. The average molecular weight is 497 g/mol. The van der Waals surface area contributed by atoms with Gasteiger partial charge in [0.25, 0.3) is 0 Å². The van der Waals surface area contributed by atoms with E-state index in [9.17, 15) is 21.9 Å². The van der Waals surface area contributed by atoms with Crippen LogP contribution in [0.2, 0.25) is 0 Å². The van der Waals surface area contributed by atoms with Crippen molar-refractivity contribution < 1.29 is 26.7 Å². The van der Waals surface area contributed by atoms with E-state index in [0.717, 1.165) is 22.9 Å². The summed E-state index contributed by atoms with van der Waals surface area (Å²) in [7, 11) is -5.94. The Kier molecular flexibility index (Phi) is 7.55. The van der Waals surface area contributed by atoms with Crippen LogP contribution >= 0.6 is 0 Å². The molecule has 182 valence electrons. The number of ether oxygens (including phenoxy) is 1. The van der Waals surface area contributed by atoms with E-state index in [1.807, 2.05) is 38.1 Å². The molecule has 10 heteroatoms. The first-order chi connectivity index (χ1) is 15.3. The minimum atomic E-state index is -3.96. The van der Waals surface area contributed by atoms with Crippen LogP contribution in [0.1, 0.15) is 19.4 Å². The summed E-state index contributed by atoms with van der Waals surface area (Å²) in [5.74, 6) is -0.171. The molecular weight excluding hydrogens is 464 g/mol. The summed E-state index contributed by atoms with van der Waals surface area (Å²) in [6, 6.07) is 12.1. The topological polar surface area (TPSA) is 104 Å². The SMILES string of the molecule is Cc1ccc(-c2ccc3c(c2)O[C@@H](CN(C)S(C)(=O)=O)[C@H](C)CN([C@@H](C)CO)S3(=O)=O)cc1. The number of likely N-dealkylation sites (N-methyl/N-ethyl adjacent to an activating group) is 1. The van der Waals surface area contributed by atoms with Gasteiger partial charge in [0, 0.05) is 25.6 Å². The van der Waals surface area contributed by atoms with Gasteiger partial charge < -0.3 is 9.84 Å². The normalized spacial score (nSPS) is 22.2. The summed E-state index contributed by atoms with van der Waals surface area (Å²) in [6.45, 7) is 5.27. The fourth-order valence-electron chi connectivity index (χ4n) is 3.76. The summed E-state index contributed by atoms with van der Waals surface area (Å²) < 4.78 is 59.8. The lowest BCUT2D eigenvalue weighted by Gasteiger charge is -2.37. The molecule has 0 aromatic heterocycles. The number of hydrogen-bond acceptors (Lipinski definition) is 6. The molecule has 2 aromatic carbocycles. The van der Waals surface area contributed by atoms with Gasteiger partial charge in [-0.3, -0.25) is 0 Å². The molecule has 0 fully saturated rings. The third-order valence-electron chi connectivity index (χ3n) is 6.06. The predicted octanol–water partition coefficient (Wildman–Crippen LogP) is 2.32. The molecule has 0 amide bonds. The lowest BCUT2D eigenvalue weighted by molar-refractivity contribution is 0.0906. The van der Waals surface area contributed by atoms with Gasteiger partial charge in [0.05, 0.1) is 19.4 Å². The number of aliphatic hydroxyl groups excluding tert-OH is 1. The standard InChI is InChI=1S/C23H32N2O6S2/c1-16-6-8-19(9-7-16)20-10-11-23-21(12-20)31-22(14-24(4)32(5,27)28)17(2)13-25(18(3)15-26)33(23,29)30/h6-12,17-18,22,26H,13-15H2,1-5H3/t17-,18+,22+/m1/s1. The first-order valence-electron chi connectivity index (χ1n) is 10.8. The molecule has 1 aliphatic heterocycles. The second-order valence-electron chi connectivity index (χ2n) is 8.81. The van der Waals surface area contributed by atoms with Gasteiger partial charge in [-0.1, -0.05) is 42.8 Å². The molecule has 0 saturated carbocycles. The number of sulfonamides is 2. The van der Waals surface area contributed by atoms with Crippen LogP contribution in [-0.2, 0) is 20.0 Å². The summed E-state index contributed by atoms with van der Waals surface area (Å²) in [5, 5.41) is 9.72. The van der Waals surface area contributed by atoms with Crippen LogP contribution in [-0.4, -0.2) is 75.7 Å². The van der Waals surface area contributed by atoms with Crippen molar-refractivity contribution in [3.63, 3.8) is 0 Å². The third kappa shape index (κ3) is 5.58. The van der Waals surface area contributed by atoms with Gasteiger partial charge in [-0.25, -0.2) is 21.1 Å². The van der Waals surface area contributed by atoms with E-state index in [1.54, 1.807) is 19.1 Å². The Balaban J connectivity index is 2.14. The van der Waals surface area contributed by atoms with Gasteiger partial charge in [-0.15, -0.1) is 0 Å². The molecule has 0 spiro atoms. The highest BCUT2D eigenvalue weighted by molar-refractivity contribution is 7.89. The molecule has 1 aliphatic rings. The van der Waals surface area contributed by atoms with Gasteiger partial charge in [0.15, 0.2) is 0 Å². The Morgan fingerprint density at radius 3 is 2.36 bits per heavy atom. The maximum atomic E-state index is 13.5. The molecule has 3 rings (SSSR count). The molecule has 0 radical (unpaired) electrons. The summed E-state index contributed by atoms with van der Waals surface area (Å²) in [5.41, 5.74) is 2.80. The fourth-order valence-corrected chi connectivity index (χ4v) is 6.00. The molecule has 0 aliphatic carbocycles. The van der Waals surface area contributed by atoms with E-state index in [2.05, 4.69) is 0 Å². The van der Waals surface area contributed by atoms with E-state index in [1.165, 1.54) is 21.7 Å². The van der Waals surface area contributed by atoms with Crippen LogP contribution in [0.3, 0.4) is 0 Å². The predicted molar refractivity (Wildman–Crippen MR) is 128 cm³/mol. The van der Waals surface area contributed by atoms with Crippen molar-refractivity contribution in [2.24, 2.45) is 5.92 Å². The molecule has 0 saturated heterocycles. The highest BCUT2D eigenvalue weighted by Crippen LogP contribution is 2.36. The van der Waals surface area contributed by atoms with E-state index >= 15 is 0 Å². The van der Waals surface area contributed by atoms with Crippen molar-refractivity contribution in [2.45, 2.75) is 37.8 Å². The van der Waals surface area contributed by atoms with Crippen LogP contribution in [0.15, 0.2) is 47.4 Å². The van der Waals surface area contributed by atoms with Crippen molar-refractivity contribution in [2.75, 3.05) is 33.0 Å². The first kappa shape index (κ1) is 25.6. The van der Waals surface area contributed by atoms with Crippen molar-refractivity contribution in [1.29, 1.82) is 0 Å². The van der Waals surface area contributed by atoms with E-state index < -0.39 is 32.2 Å². The van der Waals surface area contributed by atoms with Crippen LogP contribution in [0.5, 0.6) is 5.75 Å². The van der Waals surface area contributed by atoms with Crippen molar-refractivity contribution in [1.82, 2.24) is 8.61 Å². The van der Waals surface area contributed by atoms with E-state index in [-0.39, 0.29) is 36.3 Å². The number of rotatable bonds is 6. The Labute approximate surface area is 196 Å². The molecule has 33 heavy (non-hydrogen) atoms. The molecule has 3 atom stereocenters. The number of aryl methyl sites for hydroxylation is 1. The Morgan fingerprint density at radius 1 is 1.18 bits per heavy atom. The monoisotopic (exact) mass is 496 g/mol. The molecule has 1 heterocycles. The molecule has 0 bridgehead atoms. The maximum Gasteiger partial charge on any atom is 0.247 e. The van der Waals surface area contributed by atoms with Crippen molar-refractivity contribution >= 4 is 20.0 Å². The zero-order chi connectivity index (χ0) is 24.6. The first-order valence-corrected chi connectivity index (χ1v) is 14.0.